The fourth-order valence-corrected chi connectivity index (χ4v) is 3.19. The highest BCUT2D eigenvalue weighted by Crippen LogP contribution is 2.36. The lowest BCUT2D eigenvalue weighted by atomic mass is 9.94. The summed E-state index contributed by atoms with van der Waals surface area (Å²) in [7, 11) is 0. The number of carbonyl (C=O) groups is 2. The normalized spacial score (nSPS) is 12.9. The Morgan fingerprint density at radius 2 is 1.39 bits per heavy atom. The number of nitro groups is 2. The summed E-state index contributed by atoms with van der Waals surface area (Å²) in [6.45, 7) is 0. The minimum atomic E-state index is -0.762. The third kappa shape index (κ3) is 2.43. The van der Waals surface area contributed by atoms with E-state index in [4.69, 9.17) is 0 Å². The highest BCUT2D eigenvalue weighted by Gasteiger charge is 2.35. The van der Waals surface area contributed by atoms with E-state index in [9.17, 15) is 29.8 Å². The van der Waals surface area contributed by atoms with E-state index in [1.165, 1.54) is 54.6 Å². The minimum absolute atomic E-state index is 0.0354. The number of nitrogens with zero attached hydrogens (tertiary/aromatic N) is 3. The first-order chi connectivity index (χ1) is 13.4. The van der Waals surface area contributed by atoms with E-state index in [0.29, 0.717) is 5.01 Å². The van der Waals surface area contributed by atoms with Crippen LogP contribution >= 0.6 is 0 Å². The van der Waals surface area contributed by atoms with Crippen molar-refractivity contribution < 1.29 is 19.4 Å². The van der Waals surface area contributed by atoms with E-state index in [2.05, 4.69) is 5.43 Å². The Morgan fingerprint density at radius 3 is 2.07 bits per heavy atom. The van der Waals surface area contributed by atoms with Crippen LogP contribution < -0.4 is 5.43 Å². The van der Waals surface area contributed by atoms with Gasteiger partial charge in [0.2, 0.25) is 0 Å². The lowest BCUT2D eigenvalue weighted by Gasteiger charge is -2.27. The van der Waals surface area contributed by atoms with E-state index >= 15 is 0 Å². The molecule has 0 spiro atoms. The maximum absolute atomic E-state index is 12.9. The molecule has 4 rings (SSSR count). The lowest BCUT2D eigenvalue weighted by Crippen LogP contribution is -2.44. The largest absolute Gasteiger partial charge is 0.294 e. The maximum Gasteiger partial charge on any atom is 0.294 e. The first kappa shape index (κ1) is 17.1. The fraction of sp³-hybridized carbons (Fsp3) is 0. The Balaban J connectivity index is 1.86. The molecular weight excluding hydrogens is 368 g/mol. The quantitative estimate of drug-likeness (QED) is 0.418. The molecule has 0 radical (unpaired) electrons. The predicted molar refractivity (Wildman–Crippen MR) is 97.8 cm³/mol. The Morgan fingerprint density at radius 1 is 0.750 bits per heavy atom. The minimum Gasteiger partial charge on any atom is -0.282 e. The summed E-state index contributed by atoms with van der Waals surface area (Å²) in [5.74, 6) is -1.52. The molecule has 0 saturated carbocycles. The molecule has 1 aliphatic rings. The Labute approximate surface area is 156 Å². The molecule has 10 heteroatoms. The van der Waals surface area contributed by atoms with E-state index in [1.54, 1.807) is 0 Å². The SMILES string of the molecule is O=C1c2cccc3c([N+](=O)[O-])ccc(c23)C(=O)N1Nc1ccccc1[N+](=O)[O-]. The van der Waals surface area contributed by atoms with Crippen molar-refractivity contribution in [3.63, 3.8) is 0 Å². The van der Waals surface area contributed by atoms with Gasteiger partial charge in [-0.25, -0.2) is 0 Å². The number of hydrogen-bond acceptors (Lipinski definition) is 7. The van der Waals surface area contributed by atoms with Gasteiger partial charge >= 0.3 is 0 Å². The van der Waals surface area contributed by atoms with E-state index in [-0.39, 0.29) is 39.0 Å². The van der Waals surface area contributed by atoms with Crippen molar-refractivity contribution in [1.29, 1.82) is 0 Å². The molecule has 1 aliphatic heterocycles. The van der Waals surface area contributed by atoms with Crippen LogP contribution in [-0.2, 0) is 0 Å². The number of nitrogens with one attached hydrogen (secondary N) is 1. The molecule has 1 N–H and O–H groups in total. The number of hydrogen-bond donors (Lipinski definition) is 1. The molecule has 0 aromatic heterocycles. The highest BCUT2D eigenvalue weighted by molar-refractivity contribution is 6.26. The second kappa shape index (κ2) is 6.13. The number of imide groups is 1. The average Bonchev–Trinajstić information content (AvgIpc) is 2.68. The first-order valence-corrected chi connectivity index (χ1v) is 7.99. The van der Waals surface area contributed by atoms with E-state index in [1.807, 2.05) is 0 Å². The predicted octanol–water partition coefficient (Wildman–Crippen LogP) is 3.28. The van der Waals surface area contributed by atoms with Crippen molar-refractivity contribution >= 4 is 39.6 Å². The third-order valence-corrected chi connectivity index (χ3v) is 4.41. The third-order valence-electron chi connectivity index (χ3n) is 4.41. The van der Waals surface area contributed by atoms with Gasteiger partial charge < -0.3 is 0 Å². The van der Waals surface area contributed by atoms with Crippen LogP contribution in [0.2, 0.25) is 0 Å². The van der Waals surface area contributed by atoms with Crippen molar-refractivity contribution in [2.45, 2.75) is 0 Å². The maximum atomic E-state index is 12.9. The Kier molecular flexibility index (Phi) is 3.74. The number of benzene rings is 3. The van der Waals surface area contributed by atoms with Gasteiger partial charge in [0.1, 0.15) is 5.69 Å². The number of rotatable bonds is 4. The number of amides is 2. The second-order valence-electron chi connectivity index (χ2n) is 5.95. The molecular formula is C18H10N4O6. The van der Waals surface area contributed by atoms with Crippen LogP contribution in [0.15, 0.2) is 54.6 Å². The van der Waals surface area contributed by atoms with E-state index in [0.717, 1.165) is 0 Å². The van der Waals surface area contributed by atoms with Crippen LogP contribution in [0, 0.1) is 20.2 Å². The van der Waals surface area contributed by atoms with Crippen LogP contribution in [-0.4, -0.2) is 26.7 Å². The van der Waals surface area contributed by atoms with Gasteiger partial charge in [-0.05, 0) is 24.3 Å². The molecule has 0 fully saturated rings. The topological polar surface area (TPSA) is 136 Å². The van der Waals surface area contributed by atoms with Gasteiger partial charge in [-0.3, -0.25) is 35.2 Å². The average molecular weight is 378 g/mol. The van der Waals surface area contributed by atoms with Gasteiger partial charge in [0.15, 0.2) is 0 Å². The Hall–Kier alpha value is -4.34. The molecule has 0 atom stereocenters. The number of anilines is 1. The number of non-ortho nitro benzene ring substituents is 1. The van der Waals surface area contributed by atoms with Crippen LogP contribution in [0.4, 0.5) is 17.1 Å². The van der Waals surface area contributed by atoms with Crippen molar-refractivity contribution in [1.82, 2.24) is 5.01 Å². The van der Waals surface area contributed by atoms with Crippen LogP contribution in [0.25, 0.3) is 10.8 Å². The molecule has 0 unspecified atom stereocenters. The zero-order valence-electron chi connectivity index (χ0n) is 14.0. The molecule has 3 aromatic rings. The summed E-state index contributed by atoms with van der Waals surface area (Å²) in [6, 6.07) is 12.4. The summed E-state index contributed by atoms with van der Waals surface area (Å²) in [4.78, 5) is 47.0. The van der Waals surface area contributed by atoms with Gasteiger partial charge in [0, 0.05) is 17.5 Å². The number of nitro benzene ring substituents is 2. The summed E-state index contributed by atoms with van der Waals surface area (Å²) in [5.41, 5.74) is 2.11. The zero-order valence-corrected chi connectivity index (χ0v) is 14.0. The molecule has 1 heterocycles. The zero-order chi connectivity index (χ0) is 20.0. The van der Waals surface area contributed by atoms with Crippen LogP contribution in [0.3, 0.4) is 0 Å². The monoisotopic (exact) mass is 378 g/mol. The molecule has 138 valence electrons. The highest BCUT2D eigenvalue weighted by atomic mass is 16.6. The van der Waals surface area contributed by atoms with Gasteiger partial charge in [-0.1, -0.05) is 18.2 Å². The molecule has 10 nitrogen and oxygen atoms in total. The molecule has 28 heavy (non-hydrogen) atoms. The smallest absolute Gasteiger partial charge is 0.282 e. The van der Waals surface area contributed by atoms with Gasteiger partial charge in [-0.15, -0.1) is 0 Å². The number of hydrazine groups is 1. The van der Waals surface area contributed by atoms with Crippen molar-refractivity contribution in [2.75, 3.05) is 5.43 Å². The van der Waals surface area contributed by atoms with Gasteiger partial charge in [0.25, 0.3) is 23.2 Å². The lowest BCUT2D eigenvalue weighted by molar-refractivity contribution is -0.384. The van der Waals surface area contributed by atoms with Gasteiger partial charge in [0.05, 0.1) is 26.4 Å². The summed E-state index contributed by atoms with van der Waals surface area (Å²) < 4.78 is 0. The molecule has 0 saturated heterocycles. The van der Waals surface area contributed by atoms with Gasteiger partial charge in [-0.2, -0.15) is 5.01 Å². The number of carbonyl (C=O) groups excluding carboxylic acids is 2. The molecule has 2 amide bonds. The molecule has 0 aliphatic carbocycles. The first-order valence-electron chi connectivity index (χ1n) is 7.99. The van der Waals surface area contributed by atoms with Crippen LogP contribution in [0.5, 0.6) is 0 Å². The second-order valence-corrected chi connectivity index (χ2v) is 5.95. The summed E-state index contributed by atoms with van der Waals surface area (Å²) in [6.07, 6.45) is 0. The van der Waals surface area contributed by atoms with Crippen molar-refractivity contribution in [2.24, 2.45) is 0 Å². The fourth-order valence-electron chi connectivity index (χ4n) is 3.19. The molecule has 0 bridgehead atoms. The summed E-state index contributed by atoms with van der Waals surface area (Å²) in [5, 5.41) is 23.5. The number of para-hydroxylation sites is 2. The van der Waals surface area contributed by atoms with Crippen LogP contribution in [0.1, 0.15) is 20.7 Å². The van der Waals surface area contributed by atoms with Crippen molar-refractivity contribution in [3.05, 3.63) is 86.0 Å². The molecule has 3 aromatic carbocycles. The van der Waals surface area contributed by atoms with E-state index < -0.39 is 21.7 Å². The Bertz CT molecular complexity index is 1180. The standard InChI is InChI=1S/C18H10N4O6/c23-17-11-5-3-4-10-14(21(25)26)9-8-12(16(10)11)18(24)20(17)19-13-6-1-2-7-15(13)22(27)28/h1-9,19H. The summed E-state index contributed by atoms with van der Waals surface area (Å²) >= 11 is 0. The van der Waals surface area contributed by atoms with Crippen molar-refractivity contribution in [3.8, 4) is 0 Å².